The standard InChI is InChI=1S/C13H17N3O3S/c1-3-8-19-15-10-14-9-13(15)11-6-4-5-7-12(11)16(14)20(2,17)18/h3-7,13H,1,8-10H2,2H3. The summed E-state index contributed by atoms with van der Waals surface area (Å²) in [4.78, 5) is 5.64. The molecule has 2 heterocycles. The molecule has 0 amide bonds. The van der Waals surface area contributed by atoms with Crippen LogP contribution in [0, 0.1) is 0 Å². The Labute approximate surface area is 118 Å². The zero-order chi connectivity index (χ0) is 14.3. The van der Waals surface area contributed by atoms with Gasteiger partial charge in [-0.15, -0.1) is 6.58 Å². The Balaban J connectivity index is 2.03. The number of anilines is 1. The molecule has 2 aliphatic heterocycles. The molecule has 108 valence electrons. The van der Waals surface area contributed by atoms with Crippen molar-refractivity contribution in [1.29, 1.82) is 0 Å². The molecule has 0 radical (unpaired) electrons. The van der Waals surface area contributed by atoms with Crippen LogP contribution < -0.4 is 4.41 Å². The Morgan fingerprint density at radius 2 is 2.20 bits per heavy atom. The number of para-hydroxylation sites is 1. The number of hydrogen-bond donors (Lipinski definition) is 0. The molecule has 1 fully saturated rings. The zero-order valence-electron chi connectivity index (χ0n) is 11.3. The van der Waals surface area contributed by atoms with E-state index in [-0.39, 0.29) is 6.04 Å². The van der Waals surface area contributed by atoms with E-state index >= 15 is 0 Å². The average Bonchev–Trinajstić information content (AvgIpc) is 2.74. The number of nitrogens with zero attached hydrogens (tertiary/aromatic N) is 3. The minimum Gasteiger partial charge on any atom is -0.293 e. The first-order chi connectivity index (χ1) is 9.52. The molecule has 0 saturated carbocycles. The van der Waals surface area contributed by atoms with E-state index in [4.69, 9.17) is 4.84 Å². The van der Waals surface area contributed by atoms with Crippen LogP contribution in [-0.4, -0.2) is 44.6 Å². The summed E-state index contributed by atoms with van der Waals surface area (Å²) < 4.78 is 25.5. The van der Waals surface area contributed by atoms with Gasteiger partial charge >= 0.3 is 0 Å². The topological polar surface area (TPSA) is 53.1 Å². The lowest BCUT2D eigenvalue weighted by Gasteiger charge is -2.35. The van der Waals surface area contributed by atoms with E-state index in [1.165, 1.54) is 10.7 Å². The molecule has 2 atom stereocenters. The molecule has 7 heteroatoms. The van der Waals surface area contributed by atoms with Gasteiger partial charge < -0.3 is 0 Å². The molecule has 2 bridgehead atoms. The predicted octanol–water partition coefficient (Wildman–Crippen LogP) is 1.12. The van der Waals surface area contributed by atoms with E-state index in [1.54, 1.807) is 11.1 Å². The van der Waals surface area contributed by atoms with Crippen LogP contribution in [-0.2, 0) is 14.9 Å². The molecule has 20 heavy (non-hydrogen) atoms. The van der Waals surface area contributed by atoms with Gasteiger partial charge in [0.1, 0.15) is 0 Å². The smallest absolute Gasteiger partial charge is 0.245 e. The lowest BCUT2D eigenvalue weighted by molar-refractivity contribution is -0.163. The summed E-state index contributed by atoms with van der Waals surface area (Å²) in [6.45, 7) is 5.06. The second-order valence-corrected chi connectivity index (χ2v) is 6.72. The number of fused-ring (bicyclic) bond motifs is 4. The third kappa shape index (κ3) is 2.12. The van der Waals surface area contributed by atoms with Gasteiger partial charge in [0.2, 0.25) is 10.0 Å². The number of sulfonamides is 1. The quantitative estimate of drug-likeness (QED) is 0.779. The van der Waals surface area contributed by atoms with E-state index in [1.807, 2.05) is 29.3 Å². The molecular weight excluding hydrogens is 278 g/mol. The van der Waals surface area contributed by atoms with Gasteiger partial charge in [-0.2, -0.15) is 14.5 Å². The molecule has 1 aromatic rings. The molecule has 0 N–H and O–H groups in total. The van der Waals surface area contributed by atoms with Crippen molar-refractivity contribution in [3.8, 4) is 0 Å². The number of benzene rings is 1. The SMILES string of the molecule is C=CCON1CN2CC1c1ccccc1N2S(C)(=O)=O. The third-order valence-corrected chi connectivity index (χ3v) is 4.52. The van der Waals surface area contributed by atoms with Crippen LogP contribution in [0.25, 0.3) is 0 Å². The fourth-order valence-corrected chi connectivity index (χ4v) is 3.82. The molecule has 6 nitrogen and oxygen atoms in total. The number of hydrazine groups is 1. The van der Waals surface area contributed by atoms with Crippen molar-refractivity contribution in [3.05, 3.63) is 42.5 Å². The van der Waals surface area contributed by atoms with E-state index < -0.39 is 10.0 Å². The molecule has 0 aliphatic carbocycles. The highest BCUT2D eigenvalue weighted by Gasteiger charge is 2.44. The number of rotatable bonds is 4. The summed E-state index contributed by atoms with van der Waals surface area (Å²) in [5, 5.41) is 3.59. The molecule has 0 spiro atoms. The lowest BCUT2D eigenvalue weighted by atomic mass is 10.0. The molecule has 1 saturated heterocycles. The van der Waals surface area contributed by atoms with Crippen molar-refractivity contribution in [3.63, 3.8) is 0 Å². The second-order valence-electron chi connectivity index (χ2n) is 4.91. The van der Waals surface area contributed by atoms with Gasteiger partial charge in [-0.05, 0) is 11.6 Å². The molecule has 0 aromatic heterocycles. The summed E-state index contributed by atoms with van der Waals surface area (Å²) >= 11 is 0. The van der Waals surface area contributed by atoms with Crippen LogP contribution in [0.2, 0.25) is 0 Å². The maximum atomic E-state index is 12.1. The van der Waals surface area contributed by atoms with Crippen LogP contribution in [0.15, 0.2) is 36.9 Å². The fraction of sp³-hybridized carbons (Fsp3) is 0.385. The summed E-state index contributed by atoms with van der Waals surface area (Å²) in [7, 11) is -3.36. The first-order valence-electron chi connectivity index (χ1n) is 6.37. The van der Waals surface area contributed by atoms with Crippen LogP contribution in [0.4, 0.5) is 5.69 Å². The molecule has 3 rings (SSSR count). The maximum Gasteiger partial charge on any atom is 0.245 e. The fourth-order valence-electron chi connectivity index (χ4n) is 2.76. The summed E-state index contributed by atoms with van der Waals surface area (Å²) in [5.41, 5.74) is 1.67. The largest absolute Gasteiger partial charge is 0.293 e. The van der Waals surface area contributed by atoms with Crippen molar-refractivity contribution in [2.75, 3.05) is 30.5 Å². The first kappa shape index (κ1) is 13.6. The Kier molecular flexibility index (Phi) is 3.29. The van der Waals surface area contributed by atoms with Crippen molar-refractivity contribution in [1.82, 2.24) is 10.1 Å². The number of hydroxylamine groups is 2. The molecule has 2 unspecified atom stereocenters. The predicted molar refractivity (Wildman–Crippen MR) is 76.1 cm³/mol. The Morgan fingerprint density at radius 3 is 2.90 bits per heavy atom. The molecule has 2 aliphatic rings. The van der Waals surface area contributed by atoms with Gasteiger partial charge in [-0.1, -0.05) is 24.3 Å². The van der Waals surface area contributed by atoms with E-state index in [0.29, 0.717) is 25.5 Å². The van der Waals surface area contributed by atoms with Crippen molar-refractivity contribution < 1.29 is 13.3 Å². The summed E-state index contributed by atoms with van der Waals surface area (Å²) in [5.74, 6) is 0. The van der Waals surface area contributed by atoms with Crippen molar-refractivity contribution >= 4 is 15.7 Å². The van der Waals surface area contributed by atoms with Gasteiger partial charge in [0.05, 0.1) is 31.3 Å². The van der Waals surface area contributed by atoms with Crippen molar-refractivity contribution in [2.24, 2.45) is 0 Å². The van der Waals surface area contributed by atoms with Crippen LogP contribution in [0.5, 0.6) is 0 Å². The van der Waals surface area contributed by atoms with Gasteiger partial charge in [-0.25, -0.2) is 8.42 Å². The maximum absolute atomic E-state index is 12.1. The van der Waals surface area contributed by atoms with Crippen molar-refractivity contribution in [2.45, 2.75) is 6.04 Å². The highest BCUT2D eigenvalue weighted by Crippen LogP contribution is 2.42. The van der Waals surface area contributed by atoms with Crippen LogP contribution >= 0.6 is 0 Å². The minimum atomic E-state index is -3.36. The molecular formula is C13H17N3O3S. The highest BCUT2D eigenvalue weighted by atomic mass is 32.2. The Morgan fingerprint density at radius 1 is 1.45 bits per heavy atom. The monoisotopic (exact) mass is 295 g/mol. The third-order valence-electron chi connectivity index (χ3n) is 3.47. The summed E-state index contributed by atoms with van der Waals surface area (Å²) in [6.07, 6.45) is 2.90. The van der Waals surface area contributed by atoms with Gasteiger partial charge in [0, 0.05) is 6.54 Å². The van der Waals surface area contributed by atoms with E-state index in [0.717, 1.165) is 5.56 Å². The van der Waals surface area contributed by atoms with Gasteiger partial charge in [0.25, 0.3) is 0 Å². The first-order valence-corrected chi connectivity index (χ1v) is 8.21. The highest BCUT2D eigenvalue weighted by molar-refractivity contribution is 7.92. The Bertz CT molecular complexity index is 632. The normalized spacial score (nSPS) is 25.6. The Hall–Kier alpha value is -1.41. The van der Waals surface area contributed by atoms with Gasteiger partial charge in [0.15, 0.2) is 0 Å². The summed E-state index contributed by atoms with van der Waals surface area (Å²) in [6, 6.07) is 7.58. The average molecular weight is 295 g/mol. The van der Waals surface area contributed by atoms with Crippen LogP contribution in [0.3, 0.4) is 0 Å². The number of hydrogen-bond acceptors (Lipinski definition) is 5. The van der Waals surface area contributed by atoms with E-state index in [9.17, 15) is 8.42 Å². The second kappa shape index (κ2) is 4.85. The lowest BCUT2D eigenvalue weighted by Crippen LogP contribution is -2.47. The molecule has 1 aromatic carbocycles. The van der Waals surface area contributed by atoms with Gasteiger partial charge in [-0.3, -0.25) is 4.84 Å². The minimum absolute atomic E-state index is 0.0455. The van der Waals surface area contributed by atoms with E-state index in [2.05, 4.69) is 6.58 Å². The zero-order valence-corrected chi connectivity index (χ0v) is 12.1. The van der Waals surface area contributed by atoms with Crippen LogP contribution in [0.1, 0.15) is 11.6 Å².